The number of nitrogens with one attached hydrogen (secondary N) is 2. The molecule has 6 rings (SSSR count). The highest BCUT2D eigenvalue weighted by atomic mass is 16.2. The van der Waals surface area contributed by atoms with Gasteiger partial charge in [-0.05, 0) is 54.0 Å². The molecule has 9 heteroatoms. The largest absolute Gasteiger partial charge is 0.339 e. The molecular weight excluding hydrogens is 466 g/mol. The van der Waals surface area contributed by atoms with Crippen molar-refractivity contribution in [1.82, 2.24) is 24.3 Å². The quantitative estimate of drug-likeness (QED) is 0.433. The van der Waals surface area contributed by atoms with Crippen LogP contribution < -0.4 is 15.8 Å². The molecular formula is C28H31N7O2. The molecule has 0 saturated carbocycles. The molecule has 0 atom stereocenters. The SMILES string of the molecule is CCc1c(-c2cc(Nc3cc[nH]n3)c(=O)n(C)c2)ccnc1N1CCn2c(cc3c2CC(C)(C)C3)C1=O. The van der Waals surface area contributed by atoms with Gasteiger partial charge in [0, 0.05) is 61.6 Å². The van der Waals surface area contributed by atoms with Gasteiger partial charge in [0.1, 0.15) is 17.2 Å². The summed E-state index contributed by atoms with van der Waals surface area (Å²) in [5.74, 6) is 1.25. The van der Waals surface area contributed by atoms with Gasteiger partial charge in [-0.1, -0.05) is 20.8 Å². The van der Waals surface area contributed by atoms with Crippen molar-refractivity contribution in [2.75, 3.05) is 16.8 Å². The van der Waals surface area contributed by atoms with Crippen molar-refractivity contribution < 1.29 is 4.79 Å². The number of nitrogens with zero attached hydrogens (tertiary/aromatic N) is 5. The van der Waals surface area contributed by atoms with E-state index in [-0.39, 0.29) is 16.9 Å². The summed E-state index contributed by atoms with van der Waals surface area (Å²) in [5.41, 5.74) is 6.70. The number of amides is 1. The number of anilines is 3. The fourth-order valence-corrected chi connectivity index (χ4v) is 5.86. The van der Waals surface area contributed by atoms with Gasteiger partial charge in [-0.2, -0.15) is 5.10 Å². The van der Waals surface area contributed by atoms with Gasteiger partial charge in [-0.15, -0.1) is 0 Å². The third-order valence-electron chi connectivity index (χ3n) is 7.52. The molecule has 2 N–H and O–H groups in total. The van der Waals surface area contributed by atoms with Crippen molar-refractivity contribution >= 4 is 23.2 Å². The number of aromatic nitrogens is 5. The first-order valence-electron chi connectivity index (χ1n) is 12.7. The molecule has 0 radical (unpaired) electrons. The highest BCUT2D eigenvalue weighted by molar-refractivity contribution is 6.06. The zero-order chi connectivity index (χ0) is 25.9. The average molecular weight is 498 g/mol. The molecule has 190 valence electrons. The minimum absolute atomic E-state index is 0.000782. The van der Waals surface area contributed by atoms with Crippen LogP contribution in [0.5, 0.6) is 0 Å². The highest BCUT2D eigenvalue weighted by Gasteiger charge is 2.37. The van der Waals surface area contributed by atoms with Crippen LogP contribution in [0.1, 0.15) is 48.1 Å². The van der Waals surface area contributed by atoms with Crippen LogP contribution in [0.3, 0.4) is 0 Å². The molecule has 0 unspecified atom stereocenters. The first-order valence-corrected chi connectivity index (χ1v) is 12.7. The maximum atomic E-state index is 13.7. The Labute approximate surface area is 215 Å². The zero-order valence-corrected chi connectivity index (χ0v) is 21.6. The van der Waals surface area contributed by atoms with Gasteiger partial charge >= 0.3 is 0 Å². The molecule has 0 aromatic carbocycles. The van der Waals surface area contributed by atoms with E-state index in [4.69, 9.17) is 0 Å². The Hall–Kier alpha value is -4.14. The minimum atomic E-state index is -0.151. The van der Waals surface area contributed by atoms with Gasteiger partial charge in [-0.25, -0.2) is 4.98 Å². The topological polar surface area (TPSA) is 101 Å². The van der Waals surface area contributed by atoms with Crippen LogP contribution in [0, 0.1) is 5.41 Å². The van der Waals surface area contributed by atoms with Gasteiger partial charge in [0.05, 0.1) is 0 Å². The van der Waals surface area contributed by atoms with Crippen LogP contribution in [0.15, 0.2) is 47.7 Å². The van der Waals surface area contributed by atoms with Crippen LogP contribution in [0.25, 0.3) is 11.1 Å². The Morgan fingerprint density at radius 3 is 2.73 bits per heavy atom. The van der Waals surface area contributed by atoms with E-state index in [9.17, 15) is 9.59 Å². The monoisotopic (exact) mass is 497 g/mol. The van der Waals surface area contributed by atoms with Gasteiger partial charge in [0.15, 0.2) is 5.82 Å². The molecule has 2 aliphatic rings. The van der Waals surface area contributed by atoms with Crippen molar-refractivity contribution in [3.05, 3.63) is 75.7 Å². The lowest BCUT2D eigenvalue weighted by atomic mass is 9.90. The number of carbonyl (C=O) groups is 1. The number of fused-ring (bicyclic) bond motifs is 3. The first-order chi connectivity index (χ1) is 17.8. The van der Waals surface area contributed by atoms with E-state index in [0.29, 0.717) is 30.3 Å². The summed E-state index contributed by atoms with van der Waals surface area (Å²) in [4.78, 5) is 33.0. The normalized spacial score (nSPS) is 16.1. The number of pyridine rings is 2. The third-order valence-corrected chi connectivity index (χ3v) is 7.52. The van der Waals surface area contributed by atoms with Crippen molar-refractivity contribution in [1.29, 1.82) is 0 Å². The van der Waals surface area contributed by atoms with E-state index in [0.717, 1.165) is 41.8 Å². The van der Waals surface area contributed by atoms with E-state index in [1.807, 2.05) is 23.2 Å². The number of H-pyrrole nitrogens is 1. The van der Waals surface area contributed by atoms with E-state index < -0.39 is 0 Å². The zero-order valence-electron chi connectivity index (χ0n) is 21.6. The lowest BCUT2D eigenvalue weighted by Gasteiger charge is -2.31. The molecule has 4 aromatic rings. The first kappa shape index (κ1) is 23.3. The summed E-state index contributed by atoms with van der Waals surface area (Å²) in [6.45, 7) is 7.99. The molecule has 1 aliphatic heterocycles. The van der Waals surface area contributed by atoms with E-state index >= 15 is 0 Å². The summed E-state index contributed by atoms with van der Waals surface area (Å²) in [7, 11) is 1.73. The Kier molecular flexibility index (Phi) is 5.33. The van der Waals surface area contributed by atoms with Crippen molar-refractivity contribution in [2.24, 2.45) is 12.5 Å². The molecule has 0 bridgehead atoms. The second kappa shape index (κ2) is 8.47. The Balaban J connectivity index is 1.39. The predicted molar refractivity (Wildman–Crippen MR) is 143 cm³/mol. The molecule has 37 heavy (non-hydrogen) atoms. The fraction of sp³-hybridized carbons (Fsp3) is 0.357. The molecule has 5 heterocycles. The summed E-state index contributed by atoms with van der Waals surface area (Å²) >= 11 is 0. The van der Waals surface area contributed by atoms with Crippen LogP contribution in [-0.2, 0) is 32.9 Å². The molecule has 0 fully saturated rings. The Bertz CT molecular complexity index is 1580. The molecule has 0 saturated heterocycles. The lowest BCUT2D eigenvalue weighted by Crippen LogP contribution is -2.41. The number of aromatic amines is 1. The second-order valence-electron chi connectivity index (χ2n) is 10.8. The van der Waals surface area contributed by atoms with Crippen LogP contribution >= 0.6 is 0 Å². The number of hydrogen-bond donors (Lipinski definition) is 2. The van der Waals surface area contributed by atoms with E-state index in [2.05, 4.69) is 51.9 Å². The van der Waals surface area contributed by atoms with E-state index in [1.54, 1.807) is 30.1 Å². The molecule has 1 aliphatic carbocycles. The van der Waals surface area contributed by atoms with Crippen LogP contribution in [0.4, 0.5) is 17.3 Å². The fourth-order valence-electron chi connectivity index (χ4n) is 5.86. The second-order valence-corrected chi connectivity index (χ2v) is 10.8. The Morgan fingerprint density at radius 1 is 1.14 bits per heavy atom. The van der Waals surface area contributed by atoms with Gasteiger partial charge in [0.25, 0.3) is 11.5 Å². The summed E-state index contributed by atoms with van der Waals surface area (Å²) < 4.78 is 3.78. The summed E-state index contributed by atoms with van der Waals surface area (Å²) in [6, 6.07) is 7.65. The smallest absolute Gasteiger partial charge is 0.276 e. The number of carbonyl (C=O) groups excluding carboxylic acids is 1. The van der Waals surface area contributed by atoms with Crippen LogP contribution in [-0.4, -0.2) is 36.8 Å². The van der Waals surface area contributed by atoms with Gasteiger partial charge in [0.2, 0.25) is 0 Å². The van der Waals surface area contributed by atoms with Crippen molar-refractivity contribution in [2.45, 2.75) is 46.6 Å². The minimum Gasteiger partial charge on any atom is -0.339 e. The number of aryl methyl sites for hydroxylation is 1. The number of hydrogen-bond acceptors (Lipinski definition) is 5. The number of rotatable bonds is 5. The van der Waals surface area contributed by atoms with Crippen molar-refractivity contribution in [3.8, 4) is 11.1 Å². The maximum Gasteiger partial charge on any atom is 0.276 e. The molecule has 0 spiro atoms. The molecule has 1 amide bonds. The lowest BCUT2D eigenvalue weighted by molar-refractivity contribution is 0.0963. The van der Waals surface area contributed by atoms with Gasteiger partial charge in [-0.3, -0.25) is 19.6 Å². The standard InChI is InChI=1S/C28H31N7O2/c1-5-19-20(18-12-21(26(36)33(4)16-18)31-24-7-9-30-32-24)6-8-29-25(19)35-11-10-34-22(27(35)37)13-17-14-28(2,3)15-23(17)34/h6-9,12-13,16H,5,10-11,14-15H2,1-4H3,(H2,30,31,32). The summed E-state index contributed by atoms with van der Waals surface area (Å²) in [5, 5.41) is 9.96. The molecule has 4 aromatic heterocycles. The summed E-state index contributed by atoms with van der Waals surface area (Å²) in [6.07, 6.45) is 7.97. The maximum absolute atomic E-state index is 13.7. The Morgan fingerprint density at radius 2 is 1.97 bits per heavy atom. The highest BCUT2D eigenvalue weighted by Crippen LogP contribution is 2.40. The van der Waals surface area contributed by atoms with Crippen LogP contribution in [0.2, 0.25) is 0 Å². The third kappa shape index (κ3) is 3.85. The average Bonchev–Trinajstić information content (AvgIpc) is 3.57. The molecule has 9 nitrogen and oxygen atoms in total. The van der Waals surface area contributed by atoms with Gasteiger partial charge < -0.3 is 14.5 Å². The predicted octanol–water partition coefficient (Wildman–Crippen LogP) is 4.06. The van der Waals surface area contributed by atoms with Crippen molar-refractivity contribution in [3.63, 3.8) is 0 Å². The van der Waals surface area contributed by atoms with E-state index in [1.165, 1.54) is 11.3 Å².